The summed E-state index contributed by atoms with van der Waals surface area (Å²) in [6, 6.07) is 11.3. The van der Waals surface area contributed by atoms with Crippen LogP contribution in [0.15, 0.2) is 50.4 Å². The van der Waals surface area contributed by atoms with Gasteiger partial charge in [-0.1, -0.05) is 6.07 Å². The van der Waals surface area contributed by atoms with Crippen molar-refractivity contribution < 1.29 is 9.15 Å². The van der Waals surface area contributed by atoms with Crippen LogP contribution in [-0.4, -0.2) is 59.2 Å². The highest BCUT2D eigenvalue weighted by Crippen LogP contribution is 2.26. The maximum Gasteiger partial charge on any atom is 0.417 e. The molecule has 9 heteroatoms. The molecular formula is C21H23N5O4. The molecule has 1 aliphatic heterocycles. The van der Waals surface area contributed by atoms with Crippen molar-refractivity contribution in [2.75, 3.05) is 44.2 Å². The minimum atomic E-state index is -0.418. The molecule has 0 amide bonds. The first kappa shape index (κ1) is 18.6. The Kier molecular flexibility index (Phi) is 4.80. The van der Waals surface area contributed by atoms with Crippen LogP contribution >= 0.6 is 0 Å². The second kappa shape index (κ2) is 7.75. The fourth-order valence-corrected chi connectivity index (χ4v) is 4.00. The second-order valence-electron chi connectivity index (χ2n) is 7.49. The Morgan fingerprint density at radius 3 is 2.63 bits per heavy atom. The monoisotopic (exact) mass is 409 g/mol. The summed E-state index contributed by atoms with van der Waals surface area (Å²) >= 11 is 0. The van der Waals surface area contributed by atoms with Crippen molar-refractivity contribution in [1.82, 2.24) is 19.9 Å². The summed E-state index contributed by atoms with van der Waals surface area (Å²) in [6.07, 6.45) is 0.921. The minimum absolute atomic E-state index is 0.212. The van der Waals surface area contributed by atoms with E-state index in [2.05, 4.69) is 24.8 Å². The average Bonchev–Trinajstić information content (AvgIpc) is 3.31. The molecule has 3 heterocycles. The summed E-state index contributed by atoms with van der Waals surface area (Å²) < 4.78 is 11.2. The first-order valence-corrected chi connectivity index (χ1v) is 10.1. The van der Waals surface area contributed by atoms with E-state index >= 15 is 0 Å². The van der Waals surface area contributed by atoms with E-state index in [0.29, 0.717) is 12.2 Å². The van der Waals surface area contributed by atoms with Crippen molar-refractivity contribution in [2.24, 2.45) is 0 Å². The number of nitrogens with zero attached hydrogens (tertiary/aromatic N) is 2. The third kappa shape index (κ3) is 3.71. The van der Waals surface area contributed by atoms with Gasteiger partial charge in [0.1, 0.15) is 5.75 Å². The van der Waals surface area contributed by atoms with E-state index < -0.39 is 5.76 Å². The Balaban J connectivity index is 1.11. The number of benzene rings is 2. The number of oxazole rings is 1. The molecular weight excluding hydrogens is 386 g/mol. The smallest absolute Gasteiger partial charge is 0.417 e. The number of ether oxygens (including phenoxy) is 1. The maximum atomic E-state index is 11.5. The molecule has 0 atom stereocenters. The molecule has 0 bridgehead atoms. The quantitative estimate of drug-likeness (QED) is 0.420. The van der Waals surface area contributed by atoms with E-state index in [1.54, 1.807) is 0 Å². The number of H-pyrrole nitrogens is 3. The molecule has 4 aromatic rings. The highest BCUT2D eigenvalue weighted by Gasteiger charge is 2.20. The number of fused-ring (bicyclic) bond motifs is 2. The van der Waals surface area contributed by atoms with Gasteiger partial charge in [0.2, 0.25) is 0 Å². The SMILES string of the molecule is O=c1[nH]c2ccc(OCCCN3CCN(c4cccc5[nH]c(=O)oc45)CC3)cc2[nH]1. The van der Waals surface area contributed by atoms with Gasteiger partial charge in [-0.15, -0.1) is 0 Å². The third-order valence-corrected chi connectivity index (χ3v) is 5.51. The van der Waals surface area contributed by atoms with Gasteiger partial charge in [0.25, 0.3) is 0 Å². The van der Waals surface area contributed by atoms with E-state index in [1.165, 1.54) is 0 Å². The van der Waals surface area contributed by atoms with Gasteiger partial charge in [0.15, 0.2) is 5.58 Å². The number of rotatable bonds is 6. The van der Waals surface area contributed by atoms with Gasteiger partial charge in [-0.05, 0) is 30.7 Å². The van der Waals surface area contributed by atoms with Crippen LogP contribution in [0.4, 0.5) is 5.69 Å². The average molecular weight is 409 g/mol. The molecule has 0 unspecified atom stereocenters. The van der Waals surface area contributed by atoms with E-state index in [4.69, 9.17) is 9.15 Å². The zero-order valence-corrected chi connectivity index (χ0v) is 16.4. The predicted octanol–water partition coefficient (Wildman–Crippen LogP) is 1.88. The number of aromatic nitrogens is 3. The number of piperazine rings is 1. The van der Waals surface area contributed by atoms with E-state index in [9.17, 15) is 9.59 Å². The highest BCUT2D eigenvalue weighted by atomic mass is 16.5. The molecule has 0 radical (unpaired) electrons. The molecule has 156 valence electrons. The fraction of sp³-hybridized carbons (Fsp3) is 0.333. The van der Waals surface area contributed by atoms with Crippen LogP contribution < -0.4 is 21.1 Å². The lowest BCUT2D eigenvalue weighted by molar-refractivity contribution is 0.225. The molecule has 5 rings (SSSR count). The molecule has 9 nitrogen and oxygen atoms in total. The van der Waals surface area contributed by atoms with Crippen molar-refractivity contribution in [1.29, 1.82) is 0 Å². The zero-order valence-electron chi connectivity index (χ0n) is 16.4. The highest BCUT2D eigenvalue weighted by molar-refractivity contribution is 5.86. The Morgan fingerprint density at radius 2 is 1.77 bits per heavy atom. The van der Waals surface area contributed by atoms with Gasteiger partial charge in [-0.25, -0.2) is 9.59 Å². The Morgan fingerprint density at radius 1 is 0.933 bits per heavy atom. The van der Waals surface area contributed by atoms with Gasteiger partial charge < -0.3 is 24.0 Å². The van der Waals surface area contributed by atoms with Crippen LogP contribution in [0.2, 0.25) is 0 Å². The van der Waals surface area contributed by atoms with Gasteiger partial charge in [-0.3, -0.25) is 9.88 Å². The van der Waals surface area contributed by atoms with Crippen molar-refractivity contribution in [3.63, 3.8) is 0 Å². The topological polar surface area (TPSA) is 110 Å². The van der Waals surface area contributed by atoms with Gasteiger partial charge in [0, 0.05) is 38.8 Å². The molecule has 0 saturated carbocycles. The lowest BCUT2D eigenvalue weighted by Crippen LogP contribution is -2.46. The van der Waals surface area contributed by atoms with E-state index in [1.807, 2.05) is 36.4 Å². The molecule has 2 aromatic carbocycles. The Hall–Kier alpha value is -3.46. The molecule has 0 aliphatic carbocycles. The summed E-state index contributed by atoms with van der Waals surface area (Å²) in [5, 5.41) is 0. The van der Waals surface area contributed by atoms with Gasteiger partial charge >= 0.3 is 11.4 Å². The molecule has 0 spiro atoms. The van der Waals surface area contributed by atoms with Crippen LogP contribution in [0.5, 0.6) is 5.75 Å². The number of hydrogen-bond donors (Lipinski definition) is 3. The summed E-state index contributed by atoms with van der Waals surface area (Å²) in [7, 11) is 0. The number of imidazole rings is 1. The third-order valence-electron chi connectivity index (χ3n) is 5.51. The van der Waals surface area contributed by atoms with Crippen molar-refractivity contribution in [2.45, 2.75) is 6.42 Å². The molecule has 30 heavy (non-hydrogen) atoms. The molecule has 3 N–H and O–H groups in total. The second-order valence-corrected chi connectivity index (χ2v) is 7.49. The predicted molar refractivity (Wildman–Crippen MR) is 115 cm³/mol. The number of anilines is 1. The van der Waals surface area contributed by atoms with Gasteiger partial charge in [-0.2, -0.15) is 0 Å². The van der Waals surface area contributed by atoms with E-state index in [0.717, 1.165) is 67.1 Å². The molecule has 1 aliphatic rings. The fourth-order valence-electron chi connectivity index (χ4n) is 4.00. The zero-order chi connectivity index (χ0) is 20.5. The maximum absolute atomic E-state index is 11.5. The van der Waals surface area contributed by atoms with Crippen LogP contribution in [0, 0.1) is 0 Å². The van der Waals surface area contributed by atoms with Crippen LogP contribution in [-0.2, 0) is 0 Å². The summed E-state index contributed by atoms with van der Waals surface area (Å²) in [5.74, 6) is 0.335. The summed E-state index contributed by atoms with van der Waals surface area (Å²) in [6.45, 7) is 5.23. The van der Waals surface area contributed by atoms with Crippen LogP contribution in [0.3, 0.4) is 0 Å². The van der Waals surface area contributed by atoms with Crippen LogP contribution in [0.25, 0.3) is 22.1 Å². The van der Waals surface area contributed by atoms with Crippen molar-refractivity contribution in [3.05, 3.63) is 57.4 Å². The van der Waals surface area contributed by atoms with Crippen LogP contribution in [0.1, 0.15) is 6.42 Å². The van der Waals surface area contributed by atoms with Crippen molar-refractivity contribution in [3.8, 4) is 5.75 Å². The molecule has 1 saturated heterocycles. The standard InChI is InChI=1S/C21H23N5O4/c27-20-22-15-6-5-14(13-17(15)23-20)29-12-2-7-25-8-10-26(11-9-25)18-4-1-3-16-19(18)30-21(28)24-16/h1,3-6,13H,2,7-12H2,(H,24,28)(H2,22,23,27). The van der Waals surface area contributed by atoms with Crippen molar-refractivity contribution >= 4 is 27.8 Å². The lowest BCUT2D eigenvalue weighted by Gasteiger charge is -2.35. The number of aromatic amines is 3. The van der Waals surface area contributed by atoms with E-state index in [-0.39, 0.29) is 5.69 Å². The molecule has 2 aromatic heterocycles. The summed E-state index contributed by atoms with van der Waals surface area (Å²) in [4.78, 5) is 35.7. The number of nitrogens with one attached hydrogen (secondary N) is 3. The van der Waals surface area contributed by atoms with Gasteiger partial charge in [0.05, 0.1) is 28.8 Å². The summed E-state index contributed by atoms with van der Waals surface area (Å²) in [5.41, 5.74) is 3.65. The number of para-hydroxylation sites is 1. The first-order valence-electron chi connectivity index (χ1n) is 10.1. The Bertz CT molecular complexity index is 1280. The number of hydrogen-bond acceptors (Lipinski definition) is 6. The first-order chi connectivity index (χ1) is 14.7. The Labute approximate surface area is 171 Å². The normalized spacial score (nSPS) is 15.3. The molecule has 1 fully saturated rings. The largest absolute Gasteiger partial charge is 0.493 e. The minimum Gasteiger partial charge on any atom is -0.493 e. The lowest BCUT2D eigenvalue weighted by atomic mass is 10.2.